The molecule has 1 amide bonds. The van der Waals surface area contributed by atoms with Crippen molar-refractivity contribution in [3.8, 4) is 0 Å². The number of nitrogens with zero attached hydrogens (tertiary/aromatic N) is 4. The third kappa shape index (κ3) is 12.5. The number of hydrogen-bond donors (Lipinski definition) is 1. The average Bonchev–Trinajstić information content (AvgIpc) is 2.88. The number of amides is 1. The highest BCUT2D eigenvalue weighted by Gasteiger charge is 2.19. The Morgan fingerprint density at radius 1 is 0.944 bits per heavy atom. The zero-order valence-corrected chi connectivity index (χ0v) is 22.5. The molecular formula is C27H47N5O4. The normalized spacial score (nSPS) is 14.2. The lowest BCUT2D eigenvalue weighted by molar-refractivity contribution is -0.757. The number of anilines is 1. The summed E-state index contributed by atoms with van der Waals surface area (Å²) in [5, 5.41) is 12.4. The number of carbonyl (C=O) groups excluding carboxylic acids is 1. The number of unbranched alkanes of at least 4 members (excludes halogenated alkanes) is 11. The molecule has 1 N–H and O–H groups in total. The number of piperazine rings is 1. The van der Waals surface area contributed by atoms with Gasteiger partial charge in [-0.15, -0.1) is 10.1 Å². The van der Waals surface area contributed by atoms with E-state index < -0.39 is 5.09 Å². The van der Waals surface area contributed by atoms with Crippen LogP contribution in [0.15, 0.2) is 18.3 Å². The largest absolute Gasteiger partial charge is 0.354 e. The summed E-state index contributed by atoms with van der Waals surface area (Å²) in [7, 11) is 0. The van der Waals surface area contributed by atoms with Crippen LogP contribution in [0.1, 0.15) is 101 Å². The van der Waals surface area contributed by atoms with Crippen molar-refractivity contribution in [1.29, 1.82) is 0 Å². The third-order valence-electron chi connectivity index (χ3n) is 6.93. The molecule has 1 aliphatic heterocycles. The van der Waals surface area contributed by atoms with Crippen LogP contribution in [-0.4, -0.2) is 66.3 Å². The molecule has 36 heavy (non-hydrogen) atoms. The maximum atomic E-state index is 12.4. The van der Waals surface area contributed by atoms with Gasteiger partial charge in [-0.3, -0.25) is 9.69 Å². The van der Waals surface area contributed by atoms with Crippen LogP contribution in [0.4, 0.5) is 5.82 Å². The number of hydrogen-bond acceptors (Lipinski definition) is 7. The summed E-state index contributed by atoms with van der Waals surface area (Å²) in [5.74, 6) is 0.916. The van der Waals surface area contributed by atoms with E-state index in [4.69, 9.17) is 0 Å². The second-order valence-electron chi connectivity index (χ2n) is 10.1. The van der Waals surface area contributed by atoms with Gasteiger partial charge in [0.25, 0.3) is 11.0 Å². The smallest absolute Gasteiger partial charge is 0.294 e. The van der Waals surface area contributed by atoms with E-state index in [-0.39, 0.29) is 12.5 Å². The first-order valence-electron chi connectivity index (χ1n) is 14.0. The molecule has 204 valence electrons. The quantitative estimate of drug-likeness (QED) is 0.156. The number of aromatic nitrogens is 1. The van der Waals surface area contributed by atoms with Crippen LogP contribution < -0.4 is 10.2 Å². The van der Waals surface area contributed by atoms with Gasteiger partial charge in [0.15, 0.2) is 0 Å². The Morgan fingerprint density at radius 2 is 1.50 bits per heavy atom. The van der Waals surface area contributed by atoms with Crippen molar-refractivity contribution in [3.63, 3.8) is 0 Å². The fourth-order valence-electron chi connectivity index (χ4n) is 4.61. The first-order valence-corrected chi connectivity index (χ1v) is 14.0. The topological polar surface area (TPSA) is 101 Å². The molecule has 0 unspecified atom stereocenters. The molecule has 2 rings (SSSR count). The zero-order chi connectivity index (χ0) is 26.0. The van der Waals surface area contributed by atoms with Gasteiger partial charge in [0.1, 0.15) is 5.82 Å². The fraction of sp³-hybridized carbons (Fsp3) is 0.778. The minimum absolute atomic E-state index is 0.0380. The second kappa shape index (κ2) is 17.9. The van der Waals surface area contributed by atoms with Crippen LogP contribution in [0, 0.1) is 10.1 Å². The molecule has 2 heterocycles. The monoisotopic (exact) mass is 505 g/mol. The summed E-state index contributed by atoms with van der Waals surface area (Å²) in [5.41, 5.74) is 0.629. The minimum Gasteiger partial charge on any atom is -0.354 e. The maximum absolute atomic E-state index is 12.4. The molecule has 1 aliphatic rings. The van der Waals surface area contributed by atoms with E-state index in [1.165, 1.54) is 44.9 Å². The molecule has 1 aromatic rings. The molecule has 0 aromatic carbocycles. The average molecular weight is 506 g/mol. The van der Waals surface area contributed by atoms with Crippen LogP contribution in [0.3, 0.4) is 0 Å². The highest BCUT2D eigenvalue weighted by Crippen LogP contribution is 2.16. The number of carbonyl (C=O) groups is 1. The van der Waals surface area contributed by atoms with Gasteiger partial charge >= 0.3 is 0 Å². The maximum Gasteiger partial charge on any atom is 0.294 e. The molecular weight excluding hydrogens is 458 g/mol. The molecule has 9 nitrogen and oxygen atoms in total. The van der Waals surface area contributed by atoms with Crippen LogP contribution >= 0.6 is 0 Å². The molecule has 9 heteroatoms. The fourth-order valence-corrected chi connectivity index (χ4v) is 4.61. The van der Waals surface area contributed by atoms with Gasteiger partial charge in [0.05, 0.1) is 12.2 Å². The Kier molecular flexibility index (Phi) is 14.8. The van der Waals surface area contributed by atoms with Crippen molar-refractivity contribution in [2.45, 2.75) is 96.9 Å². The Balaban J connectivity index is 1.41. The van der Waals surface area contributed by atoms with Crippen LogP contribution in [0.5, 0.6) is 0 Å². The molecule has 0 radical (unpaired) electrons. The summed E-state index contributed by atoms with van der Waals surface area (Å²) in [4.78, 5) is 36.1. The van der Waals surface area contributed by atoms with E-state index in [2.05, 4.69) is 38.8 Å². The van der Waals surface area contributed by atoms with Crippen molar-refractivity contribution < 1.29 is 14.7 Å². The standard InChI is InChI=1S/C27H47N5O4/c1-24(2)30-18-20-31(21-19-30)26-16-15-25(23-29-26)27(33)28-17-13-11-9-7-5-3-4-6-8-10-12-14-22-36-32(34)35/h15-16,23-24H,3-14,17-22H2,1-2H3,(H,28,33). The zero-order valence-electron chi connectivity index (χ0n) is 22.5. The summed E-state index contributed by atoms with van der Waals surface area (Å²) in [6, 6.07) is 4.43. The van der Waals surface area contributed by atoms with E-state index in [1.807, 2.05) is 12.1 Å². The number of nitrogens with one attached hydrogen (secondary N) is 1. The summed E-state index contributed by atoms with van der Waals surface area (Å²) >= 11 is 0. The highest BCUT2D eigenvalue weighted by molar-refractivity contribution is 5.94. The van der Waals surface area contributed by atoms with Gasteiger partial charge in [0, 0.05) is 45.0 Å². The lowest BCUT2D eigenvalue weighted by Crippen LogP contribution is -2.49. The second-order valence-corrected chi connectivity index (χ2v) is 10.1. The number of pyridine rings is 1. The van der Waals surface area contributed by atoms with Crippen molar-refractivity contribution >= 4 is 11.7 Å². The summed E-state index contributed by atoms with van der Waals surface area (Å²) < 4.78 is 0. The Bertz CT molecular complexity index is 736. The van der Waals surface area contributed by atoms with Crippen LogP contribution in [0.25, 0.3) is 0 Å². The first-order chi connectivity index (χ1) is 17.5. The van der Waals surface area contributed by atoms with Gasteiger partial charge in [0.2, 0.25) is 0 Å². The van der Waals surface area contributed by atoms with Crippen molar-refractivity contribution in [1.82, 2.24) is 15.2 Å². The summed E-state index contributed by atoms with van der Waals surface area (Å²) in [6.45, 7) is 9.45. The molecule has 1 fully saturated rings. The molecule has 1 saturated heterocycles. The Hall–Kier alpha value is -2.42. The van der Waals surface area contributed by atoms with E-state index in [9.17, 15) is 14.9 Å². The van der Waals surface area contributed by atoms with Crippen molar-refractivity contribution in [3.05, 3.63) is 34.0 Å². The molecule has 0 bridgehead atoms. The molecule has 0 aliphatic carbocycles. The third-order valence-corrected chi connectivity index (χ3v) is 6.93. The van der Waals surface area contributed by atoms with Gasteiger partial charge in [-0.05, 0) is 38.8 Å². The Labute approximate surface area is 217 Å². The predicted octanol–water partition coefficient (Wildman–Crippen LogP) is 5.23. The lowest BCUT2D eigenvalue weighted by Gasteiger charge is -2.37. The highest BCUT2D eigenvalue weighted by atomic mass is 16.9. The van der Waals surface area contributed by atoms with Crippen molar-refractivity contribution in [2.75, 3.05) is 44.2 Å². The molecule has 0 spiro atoms. The van der Waals surface area contributed by atoms with Gasteiger partial charge in [-0.2, -0.15) is 0 Å². The van der Waals surface area contributed by atoms with E-state index in [1.54, 1.807) is 6.20 Å². The van der Waals surface area contributed by atoms with Crippen LogP contribution in [0.2, 0.25) is 0 Å². The first kappa shape index (κ1) is 29.8. The molecule has 0 atom stereocenters. The van der Waals surface area contributed by atoms with E-state index in [0.717, 1.165) is 64.1 Å². The van der Waals surface area contributed by atoms with Gasteiger partial charge < -0.3 is 15.1 Å². The lowest BCUT2D eigenvalue weighted by atomic mass is 10.1. The van der Waals surface area contributed by atoms with E-state index >= 15 is 0 Å². The summed E-state index contributed by atoms with van der Waals surface area (Å²) in [6.07, 6.45) is 15.5. The van der Waals surface area contributed by atoms with Crippen molar-refractivity contribution in [2.24, 2.45) is 0 Å². The molecule has 0 saturated carbocycles. The van der Waals surface area contributed by atoms with Crippen LogP contribution in [-0.2, 0) is 4.84 Å². The SMILES string of the molecule is CC(C)N1CCN(c2ccc(C(=O)NCCCCCCCCCCCCCCO[N+](=O)[O-])cn2)CC1. The molecule has 1 aromatic heterocycles. The van der Waals surface area contributed by atoms with Gasteiger partial charge in [-0.25, -0.2) is 4.98 Å². The minimum atomic E-state index is -0.719. The predicted molar refractivity (Wildman–Crippen MR) is 144 cm³/mol. The van der Waals surface area contributed by atoms with Gasteiger partial charge in [-0.1, -0.05) is 64.2 Å². The van der Waals surface area contributed by atoms with E-state index in [0.29, 0.717) is 18.2 Å². The number of rotatable bonds is 19. The Morgan fingerprint density at radius 3 is 2.00 bits per heavy atom.